The van der Waals surface area contributed by atoms with Crippen LogP contribution in [-0.4, -0.2) is 49.1 Å². The highest BCUT2D eigenvalue weighted by atomic mass is 16.5. The Morgan fingerprint density at radius 3 is 1.95 bits per heavy atom. The minimum Gasteiger partial charge on any atom is -0.364 e. The van der Waals surface area contributed by atoms with E-state index in [1.807, 2.05) is 0 Å². The Balaban J connectivity index is 1.89. The summed E-state index contributed by atoms with van der Waals surface area (Å²) in [5, 5.41) is 43.2. The highest BCUT2D eigenvalue weighted by Crippen LogP contribution is 2.78. The van der Waals surface area contributed by atoms with Gasteiger partial charge >= 0.3 is 0 Å². The Kier molecular flexibility index (Phi) is 2.19. The number of fused-ring (bicyclic) bond motifs is 2. The zero-order chi connectivity index (χ0) is 14.6. The van der Waals surface area contributed by atoms with Crippen LogP contribution in [0.1, 0.15) is 52.4 Å². The lowest BCUT2D eigenvalue weighted by atomic mass is 9.68. The van der Waals surface area contributed by atoms with Gasteiger partial charge in [-0.1, -0.05) is 13.8 Å². The molecular weight excluding hydrogens is 258 g/mol. The minimum atomic E-state index is -1.89. The summed E-state index contributed by atoms with van der Waals surface area (Å²) in [7, 11) is 0. The highest BCUT2D eigenvalue weighted by molar-refractivity contribution is 5.32. The smallest absolute Gasteiger partial charge is 0.231 e. The molecule has 2 saturated carbocycles. The largest absolute Gasteiger partial charge is 0.364 e. The van der Waals surface area contributed by atoms with Crippen LogP contribution in [0.2, 0.25) is 0 Å². The van der Waals surface area contributed by atoms with Crippen LogP contribution < -0.4 is 0 Å². The van der Waals surface area contributed by atoms with E-state index in [1.54, 1.807) is 18.7 Å². The molecule has 1 atom stereocenters. The second-order valence-corrected chi connectivity index (χ2v) is 8.02. The summed E-state index contributed by atoms with van der Waals surface area (Å²) in [5.74, 6) is -4.11. The fraction of sp³-hybridized carbons (Fsp3) is 1.00. The summed E-state index contributed by atoms with van der Waals surface area (Å²) in [6.07, 6.45) is 4.79. The van der Waals surface area contributed by atoms with Gasteiger partial charge in [0, 0.05) is 17.9 Å². The fourth-order valence-corrected chi connectivity index (χ4v) is 5.28. The Bertz CT molecular complexity index is 464. The molecule has 4 aliphatic rings. The first-order valence-corrected chi connectivity index (χ1v) is 7.83. The number of rotatable bonds is 2. The van der Waals surface area contributed by atoms with Crippen molar-refractivity contribution >= 4 is 0 Å². The molecule has 4 fully saturated rings. The monoisotopic (exact) mass is 283 g/mol. The molecule has 0 unspecified atom stereocenters. The lowest BCUT2D eigenvalue weighted by molar-refractivity contribution is -0.331. The lowest BCUT2D eigenvalue weighted by Gasteiger charge is -2.50. The summed E-state index contributed by atoms with van der Waals surface area (Å²) >= 11 is 0. The molecule has 0 aromatic carbocycles. The van der Waals surface area contributed by atoms with E-state index in [2.05, 4.69) is 0 Å². The number of hydrogen-bond donors (Lipinski definition) is 4. The first-order chi connectivity index (χ1) is 9.15. The van der Waals surface area contributed by atoms with E-state index in [9.17, 15) is 20.4 Å². The Hall–Kier alpha value is -0.200. The molecule has 5 nitrogen and oxygen atoms in total. The van der Waals surface area contributed by atoms with Crippen molar-refractivity contribution in [2.45, 2.75) is 69.6 Å². The molecule has 2 heterocycles. The van der Waals surface area contributed by atoms with Crippen LogP contribution in [0.25, 0.3) is 0 Å². The molecule has 0 amide bonds. The van der Waals surface area contributed by atoms with Gasteiger partial charge in [-0.15, -0.1) is 0 Å². The Morgan fingerprint density at radius 1 is 0.950 bits per heavy atom. The molecule has 0 aromatic heterocycles. The summed E-state index contributed by atoms with van der Waals surface area (Å²) < 4.78 is 0. The molecule has 114 valence electrons. The maximum atomic E-state index is 10.9. The van der Waals surface area contributed by atoms with Crippen LogP contribution in [0.4, 0.5) is 0 Å². The topological polar surface area (TPSA) is 84.2 Å². The molecule has 0 aromatic rings. The lowest BCUT2D eigenvalue weighted by Crippen LogP contribution is -2.68. The molecule has 2 aliphatic heterocycles. The van der Waals surface area contributed by atoms with E-state index in [0.29, 0.717) is 13.0 Å². The number of hydrogen-bond acceptors (Lipinski definition) is 5. The first-order valence-electron chi connectivity index (χ1n) is 7.83. The molecule has 2 spiro atoms. The standard InChI is InChI=1S/C15H25NO4/c1-10(2)14(17,18)13-9-12(5-6-12)15(19,20)16(13)8-7-11(13)3-4-11/h10,17-20H,3-9H2,1-2H3/t13-/m1/s1. The van der Waals surface area contributed by atoms with Crippen LogP contribution in [0.3, 0.4) is 0 Å². The Morgan fingerprint density at radius 2 is 1.50 bits per heavy atom. The highest BCUT2D eigenvalue weighted by Gasteiger charge is 2.85. The van der Waals surface area contributed by atoms with Gasteiger partial charge in [-0.2, -0.15) is 0 Å². The maximum absolute atomic E-state index is 10.9. The summed E-state index contributed by atoms with van der Waals surface area (Å²) in [5.41, 5.74) is -1.58. The molecule has 4 N–H and O–H groups in total. The second kappa shape index (κ2) is 3.25. The molecule has 0 bridgehead atoms. The quantitative estimate of drug-likeness (QED) is 0.550. The molecule has 4 rings (SSSR count). The van der Waals surface area contributed by atoms with E-state index in [1.165, 1.54) is 0 Å². The van der Waals surface area contributed by atoms with Gasteiger partial charge in [-0.05, 0) is 43.9 Å². The zero-order valence-electron chi connectivity index (χ0n) is 12.3. The molecular formula is C15H25NO4. The second-order valence-electron chi connectivity index (χ2n) is 8.02. The summed E-state index contributed by atoms with van der Waals surface area (Å²) in [6, 6.07) is 0. The van der Waals surface area contributed by atoms with Crippen LogP contribution in [0.5, 0.6) is 0 Å². The van der Waals surface area contributed by atoms with Gasteiger partial charge < -0.3 is 20.4 Å². The van der Waals surface area contributed by atoms with Crippen molar-refractivity contribution in [3.05, 3.63) is 0 Å². The summed E-state index contributed by atoms with van der Waals surface area (Å²) in [4.78, 5) is 1.64. The average Bonchev–Trinajstić information content (AvgIpc) is 3.18. The normalized spacial score (nSPS) is 39.8. The van der Waals surface area contributed by atoms with Crippen LogP contribution >= 0.6 is 0 Å². The van der Waals surface area contributed by atoms with Crippen molar-refractivity contribution in [2.24, 2.45) is 16.7 Å². The van der Waals surface area contributed by atoms with Crippen molar-refractivity contribution in [3.8, 4) is 0 Å². The van der Waals surface area contributed by atoms with Crippen LogP contribution in [-0.2, 0) is 0 Å². The molecule has 2 aliphatic carbocycles. The van der Waals surface area contributed by atoms with Gasteiger partial charge in [-0.3, -0.25) is 0 Å². The third-order valence-electron chi connectivity index (χ3n) is 6.96. The predicted molar refractivity (Wildman–Crippen MR) is 71.2 cm³/mol. The van der Waals surface area contributed by atoms with Crippen molar-refractivity contribution < 1.29 is 20.4 Å². The number of nitrogens with zero attached hydrogens (tertiary/aromatic N) is 1. The third kappa shape index (κ3) is 1.13. The van der Waals surface area contributed by atoms with E-state index in [-0.39, 0.29) is 11.3 Å². The van der Waals surface area contributed by atoms with Gasteiger partial charge in [-0.25, -0.2) is 4.90 Å². The van der Waals surface area contributed by atoms with Crippen molar-refractivity contribution in [2.75, 3.05) is 6.54 Å². The third-order valence-corrected chi connectivity index (χ3v) is 6.96. The molecule has 2 saturated heterocycles. The van der Waals surface area contributed by atoms with E-state index < -0.39 is 22.7 Å². The van der Waals surface area contributed by atoms with Gasteiger partial charge in [0.05, 0.1) is 5.54 Å². The minimum absolute atomic E-state index is 0.135. The number of aliphatic hydroxyl groups is 4. The fourth-order valence-electron chi connectivity index (χ4n) is 5.28. The first kappa shape index (κ1) is 13.5. The van der Waals surface area contributed by atoms with Crippen molar-refractivity contribution in [1.82, 2.24) is 4.90 Å². The van der Waals surface area contributed by atoms with Crippen molar-refractivity contribution in [1.29, 1.82) is 0 Å². The van der Waals surface area contributed by atoms with Crippen LogP contribution in [0, 0.1) is 16.7 Å². The van der Waals surface area contributed by atoms with Gasteiger partial charge in [0.1, 0.15) is 0 Å². The van der Waals surface area contributed by atoms with Gasteiger partial charge in [0.25, 0.3) is 0 Å². The maximum Gasteiger partial charge on any atom is 0.231 e. The van der Waals surface area contributed by atoms with E-state index in [4.69, 9.17) is 0 Å². The Labute approximate surface area is 119 Å². The zero-order valence-corrected chi connectivity index (χ0v) is 12.3. The molecule has 20 heavy (non-hydrogen) atoms. The van der Waals surface area contributed by atoms with Crippen LogP contribution in [0.15, 0.2) is 0 Å². The summed E-state index contributed by atoms with van der Waals surface area (Å²) in [6.45, 7) is 4.15. The van der Waals surface area contributed by atoms with E-state index in [0.717, 1.165) is 32.1 Å². The van der Waals surface area contributed by atoms with Gasteiger partial charge in [0.15, 0.2) is 5.79 Å². The molecule has 0 radical (unpaired) electrons. The predicted octanol–water partition coefficient (Wildman–Crippen LogP) is 0.370. The average molecular weight is 283 g/mol. The van der Waals surface area contributed by atoms with E-state index >= 15 is 0 Å². The SMILES string of the molecule is CC(C)C(O)(O)[C@]12CC3(CC3)C(O)(O)N1CCC21CC1. The molecule has 5 heteroatoms. The van der Waals surface area contributed by atoms with Gasteiger partial charge in [0.2, 0.25) is 5.91 Å². The van der Waals surface area contributed by atoms with Crippen molar-refractivity contribution in [3.63, 3.8) is 0 Å².